The van der Waals surface area contributed by atoms with Crippen LogP contribution in [0.15, 0.2) is 66.9 Å². The molecule has 2 aromatic carbocycles. The second-order valence-electron chi connectivity index (χ2n) is 7.11. The zero-order valence-electron chi connectivity index (χ0n) is 17.2. The predicted octanol–water partition coefficient (Wildman–Crippen LogP) is 5.05. The Balaban J connectivity index is 1.97. The van der Waals surface area contributed by atoms with Crippen LogP contribution in [0.2, 0.25) is 0 Å². The molecule has 4 nitrogen and oxygen atoms in total. The lowest BCUT2D eigenvalue weighted by Gasteiger charge is -2.38. The van der Waals surface area contributed by atoms with E-state index < -0.39 is 0 Å². The van der Waals surface area contributed by atoms with Crippen LogP contribution in [0.4, 0.5) is 0 Å². The van der Waals surface area contributed by atoms with Crippen LogP contribution >= 0.6 is 0 Å². The molecule has 1 aromatic heterocycles. The molecule has 2 atom stereocenters. The number of ether oxygens (including phenoxy) is 1. The Kier molecular flexibility index (Phi) is 7.49. The van der Waals surface area contributed by atoms with Crippen molar-refractivity contribution in [1.29, 1.82) is 0 Å². The van der Waals surface area contributed by atoms with Gasteiger partial charge in [-0.3, -0.25) is 4.90 Å². The molecule has 0 aliphatic heterocycles. The minimum absolute atomic E-state index is 0.111. The first kappa shape index (κ1) is 20.7. The van der Waals surface area contributed by atoms with Gasteiger partial charge in [0.05, 0.1) is 12.2 Å². The van der Waals surface area contributed by atoms with Crippen molar-refractivity contribution in [1.82, 2.24) is 15.1 Å². The fraction of sp³-hybridized carbons (Fsp3) is 0.320. The molecule has 1 heterocycles. The van der Waals surface area contributed by atoms with Crippen molar-refractivity contribution in [3.8, 4) is 18.2 Å². The van der Waals surface area contributed by atoms with Gasteiger partial charge in [0.25, 0.3) is 0 Å². The molecule has 0 aliphatic rings. The molecular formula is C25H29N3O. The lowest BCUT2D eigenvalue weighted by molar-refractivity contribution is 0.101. The van der Waals surface area contributed by atoms with Gasteiger partial charge >= 0.3 is 0 Å². The smallest absolute Gasteiger partial charge is 0.209 e. The number of aromatic amines is 1. The van der Waals surface area contributed by atoms with Crippen LogP contribution in [-0.2, 0) is 0 Å². The maximum Gasteiger partial charge on any atom is 0.209 e. The van der Waals surface area contributed by atoms with E-state index in [1.807, 2.05) is 18.2 Å². The SMILES string of the molecule is C#Cc1cccc(C(c2ccccc2)N(CCC)C(CC)COc2ccn[nH]2)c1. The van der Waals surface area contributed by atoms with Gasteiger partial charge in [-0.15, -0.1) is 6.42 Å². The number of hydrogen-bond acceptors (Lipinski definition) is 3. The summed E-state index contributed by atoms with van der Waals surface area (Å²) in [4.78, 5) is 2.54. The van der Waals surface area contributed by atoms with Gasteiger partial charge in [-0.2, -0.15) is 5.10 Å². The molecule has 150 valence electrons. The van der Waals surface area contributed by atoms with Crippen LogP contribution in [0.25, 0.3) is 0 Å². The number of rotatable bonds is 10. The normalized spacial score (nSPS) is 13.0. The fourth-order valence-corrected chi connectivity index (χ4v) is 3.75. The van der Waals surface area contributed by atoms with E-state index in [-0.39, 0.29) is 12.1 Å². The molecule has 4 heteroatoms. The van der Waals surface area contributed by atoms with E-state index >= 15 is 0 Å². The molecule has 0 bridgehead atoms. The topological polar surface area (TPSA) is 41.1 Å². The van der Waals surface area contributed by atoms with Gasteiger partial charge < -0.3 is 4.74 Å². The number of benzene rings is 2. The third-order valence-corrected chi connectivity index (χ3v) is 5.14. The highest BCUT2D eigenvalue weighted by molar-refractivity contribution is 5.40. The van der Waals surface area contributed by atoms with Gasteiger partial charge in [0, 0.05) is 17.7 Å². The van der Waals surface area contributed by atoms with E-state index in [9.17, 15) is 0 Å². The minimum atomic E-state index is 0.111. The van der Waals surface area contributed by atoms with Crippen LogP contribution in [0.1, 0.15) is 49.4 Å². The van der Waals surface area contributed by atoms with Crippen LogP contribution < -0.4 is 4.74 Å². The molecule has 0 radical (unpaired) electrons. The van der Waals surface area contributed by atoms with E-state index in [2.05, 4.69) is 77.3 Å². The maximum atomic E-state index is 6.00. The van der Waals surface area contributed by atoms with Gasteiger partial charge in [0.2, 0.25) is 5.88 Å². The van der Waals surface area contributed by atoms with E-state index in [1.54, 1.807) is 6.20 Å². The Bertz CT molecular complexity index is 899. The summed E-state index contributed by atoms with van der Waals surface area (Å²) in [6.45, 7) is 5.99. The fourth-order valence-electron chi connectivity index (χ4n) is 3.75. The number of nitrogens with zero attached hydrogens (tertiary/aromatic N) is 2. The van der Waals surface area contributed by atoms with E-state index in [4.69, 9.17) is 11.2 Å². The molecule has 0 amide bonds. The highest BCUT2D eigenvalue weighted by Crippen LogP contribution is 2.32. The Morgan fingerprint density at radius 1 is 1.07 bits per heavy atom. The summed E-state index contributed by atoms with van der Waals surface area (Å²) in [5, 5.41) is 6.86. The molecule has 0 saturated carbocycles. The molecular weight excluding hydrogens is 358 g/mol. The third kappa shape index (κ3) is 5.28. The van der Waals surface area contributed by atoms with E-state index in [0.717, 1.165) is 24.9 Å². The summed E-state index contributed by atoms with van der Waals surface area (Å²) < 4.78 is 6.00. The zero-order chi connectivity index (χ0) is 20.5. The van der Waals surface area contributed by atoms with Gasteiger partial charge in [0.15, 0.2) is 0 Å². The highest BCUT2D eigenvalue weighted by Gasteiger charge is 2.28. The zero-order valence-corrected chi connectivity index (χ0v) is 17.2. The average molecular weight is 388 g/mol. The number of nitrogens with one attached hydrogen (secondary N) is 1. The van der Waals surface area contributed by atoms with Crippen molar-refractivity contribution < 1.29 is 4.74 Å². The molecule has 1 N–H and O–H groups in total. The van der Waals surface area contributed by atoms with Crippen molar-refractivity contribution in [2.75, 3.05) is 13.2 Å². The number of terminal acetylenes is 1. The lowest BCUT2D eigenvalue weighted by Crippen LogP contribution is -2.42. The highest BCUT2D eigenvalue weighted by atomic mass is 16.5. The maximum absolute atomic E-state index is 6.00. The second-order valence-corrected chi connectivity index (χ2v) is 7.11. The summed E-state index contributed by atoms with van der Waals surface area (Å²) >= 11 is 0. The predicted molar refractivity (Wildman–Crippen MR) is 118 cm³/mol. The van der Waals surface area contributed by atoms with Gasteiger partial charge in [0.1, 0.15) is 6.61 Å². The number of H-pyrrole nitrogens is 1. The first-order valence-corrected chi connectivity index (χ1v) is 10.3. The van der Waals surface area contributed by atoms with Crippen molar-refractivity contribution in [2.24, 2.45) is 0 Å². The second kappa shape index (κ2) is 10.5. The first-order valence-electron chi connectivity index (χ1n) is 10.3. The molecule has 0 saturated heterocycles. The monoisotopic (exact) mass is 387 g/mol. The number of hydrogen-bond donors (Lipinski definition) is 1. The Morgan fingerprint density at radius 3 is 2.52 bits per heavy atom. The first-order chi connectivity index (χ1) is 14.3. The largest absolute Gasteiger partial charge is 0.476 e. The molecule has 29 heavy (non-hydrogen) atoms. The Morgan fingerprint density at radius 2 is 1.86 bits per heavy atom. The van der Waals surface area contributed by atoms with Crippen LogP contribution in [0.5, 0.6) is 5.88 Å². The van der Waals surface area contributed by atoms with Crippen LogP contribution in [0, 0.1) is 12.3 Å². The summed E-state index contributed by atoms with van der Waals surface area (Å²) in [5.41, 5.74) is 3.37. The van der Waals surface area contributed by atoms with Crippen molar-refractivity contribution in [2.45, 2.75) is 38.8 Å². The third-order valence-electron chi connectivity index (χ3n) is 5.14. The summed E-state index contributed by atoms with van der Waals surface area (Å²) in [6.07, 6.45) is 9.43. The molecule has 2 unspecified atom stereocenters. The molecule has 0 fully saturated rings. The summed E-state index contributed by atoms with van der Waals surface area (Å²) in [7, 11) is 0. The molecule has 0 spiro atoms. The lowest BCUT2D eigenvalue weighted by atomic mass is 9.93. The van der Waals surface area contributed by atoms with Gasteiger partial charge in [-0.25, -0.2) is 5.10 Å². The minimum Gasteiger partial charge on any atom is -0.476 e. The molecule has 3 aromatic rings. The number of aromatic nitrogens is 2. The van der Waals surface area contributed by atoms with Crippen molar-refractivity contribution in [3.05, 3.63) is 83.6 Å². The quantitative estimate of drug-likeness (QED) is 0.495. The molecule has 3 rings (SSSR count). The van der Waals surface area contributed by atoms with Gasteiger partial charge in [-0.05, 0) is 42.6 Å². The average Bonchev–Trinajstić information content (AvgIpc) is 3.29. The Labute approximate surface area is 173 Å². The van der Waals surface area contributed by atoms with E-state index in [0.29, 0.717) is 12.5 Å². The summed E-state index contributed by atoms with van der Waals surface area (Å²) in [5.74, 6) is 3.48. The molecule has 0 aliphatic carbocycles. The van der Waals surface area contributed by atoms with E-state index in [1.165, 1.54) is 11.1 Å². The van der Waals surface area contributed by atoms with Crippen LogP contribution in [-0.4, -0.2) is 34.3 Å². The van der Waals surface area contributed by atoms with Crippen molar-refractivity contribution in [3.63, 3.8) is 0 Å². The summed E-state index contributed by atoms with van der Waals surface area (Å²) in [6, 6.07) is 21.2. The van der Waals surface area contributed by atoms with Crippen molar-refractivity contribution >= 4 is 0 Å². The van der Waals surface area contributed by atoms with Gasteiger partial charge in [-0.1, -0.05) is 62.2 Å². The Hall–Kier alpha value is -3.03. The standard InChI is InChI=1S/C25H29N3O/c1-4-17-28(23(6-3)19-29-24-15-16-26-27-24)25(21-12-8-7-9-13-21)22-14-10-11-20(5-2)18-22/h2,7-16,18,23,25H,4,6,17,19H2,1,3H3,(H,26,27). The van der Waals surface area contributed by atoms with Crippen LogP contribution in [0.3, 0.4) is 0 Å².